The van der Waals surface area contributed by atoms with E-state index in [1.165, 1.54) is 25.7 Å². The number of hydrogen-bond donors (Lipinski definition) is 0. The van der Waals surface area contributed by atoms with Crippen LogP contribution in [0.25, 0.3) is 6.08 Å². The molecule has 6 heteroatoms. The molecule has 0 spiro atoms. The van der Waals surface area contributed by atoms with Gasteiger partial charge in [-0.1, -0.05) is 24.3 Å². The standard InChI is InChI=1S/C18H20O5S/c1-21-16-8-5-4-7-14(16)11-12-24(19,20)13-15-17(22-2)9-6-10-18(15)23-3/h4-12H,13H2,1-3H3. The Bertz CT molecular complexity index is 803. The van der Waals surface area contributed by atoms with Gasteiger partial charge in [-0.25, -0.2) is 8.42 Å². The van der Waals surface area contributed by atoms with Gasteiger partial charge in [-0.2, -0.15) is 0 Å². The molecule has 128 valence electrons. The van der Waals surface area contributed by atoms with Crippen molar-refractivity contribution in [3.8, 4) is 17.2 Å². The number of ether oxygens (including phenoxy) is 3. The van der Waals surface area contributed by atoms with E-state index in [0.717, 1.165) is 0 Å². The van der Waals surface area contributed by atoms with Gasteiger partial charge in [0.25, 0.3) is 0 Å². The number of para-hydroxylation sites is 1. The lowest BCUT2D eigenvalue weighted by Crippen LogP contribution is -2.04. The molecule has 5 nitrogen and oxygen atoms in total. The predicted molar refractivity (Wildman–Crippen MR) is 94.2 cm³/mol. The fourth-order valence-corrected chi connectivity index (χ4v) is 3.44. The first-order valence-corrected chi connectivity index (χ1v) is 8.96. The molecular weight excluding hydrogens is 328 g/mol. The number of methoxy groups -OCH3 is 3. The third kappa shape index (κ3) is 4.29. The lowest BCUT2D eigenvalue weighted by atomic mass is 10.2. The molecular formula is C18H20O5S. The van der Waals surface area contributed by atoms with E-state index in [-0.39, 0.29) is 5.75 Å². The van der Waals surface area contributed by atoms with E-state index < -0.39 is 9.84 Å². The molecule has 0 fully saturated rings. The topological polar surface area (TPSA) is 61.8 Å². The van der Waals surface area contributed by atoms with Crippen LogP contribution >= 0.6 is 0 Å². The lowest BCUT2D eigenvalue weighted by Gasteiger charge is -2.12. The average molecular weight is 348 g/mol. The summed E-state index contributed by atoms with van der Waals surface area (Å²) in [5.41, 5.74) is 1.18. The summed E-state index contributed by atoms with van der Waals surface area (Å²) in [5, 5.41) is 1.18. The minimum atomic E-state index is -3.52. The largest absolute Gasteiger partial charge is 0.496 e. The fraction of sp³-hybridized carbons (Fsp3) is 0.222. The second kappa shape index (κ2) is 7.88. The highest BCUT2D eigenvalue weighted by Gasteiger charge is 2.17. The molecule has 0 heterocycles. The molecule has 0 saturated carbocycles. The molecule has 0 aliphatic heterocycles. The zero-order valence-electron chi connectivity index (χ0n) is 13.9. The normalized spacial score (nSPS) is 11.5. The minimum Gasteiger partial charge on any atom is -0.496 e. The summed E-state index contributed by atoms with van der Waals surface area (Å²) >= 11 is 0. The number of benzene rings is 2. The first kappa shape index (κ1) is 17.9. The van der Waals surface area contributed by atoms with Crippen LogP contribution in [0, 0.1) is 0 Å². The quantitative estimate of drug-likeness (QED) is 0.768. The van der Waals surface area contributed by atoms with Gasteiger partial charge in [0, 0.05) is 11.0 Å². The molecule has 0 aromatic heterocycles. The molecule has 0 atom stereocenters. The van der Waals surface area contributed by atoms with E-state index in [1.54, 1.807) is 37.4 Å². The van der Waals surface area contributed by atoms with Gasteiger partial charge in [-0.05, 0) is 24.3 Å². The van der Waals surface area contributed by atoms with Crippen LogP contribution < -0.4 is 14.2 Å². The van der Waals surface area contributed by atoms with E-state index in [0.29, 0.717) is 28.4 Å². The van der Waals surface area contributed by atoms with Crippen LogP contribution in [0.15, 0.2) is 47.9 Å². The van der Waals surface area contributed by atoms with Gasteiger partial charge in [0.1, 0.15) is 17.2 Å². The van der Waals surface area contributed by atoms with Gasteiger partial charge in [-0.15, -0.1) is 0 Å². The highest BCUT2D eigenvalue weighted by molar-refractivity contribution is 7.93. The number of hydrogen-bond acceptors (Lipinski definition) is 5. The Balaban J connectivity index is 2.31. The summed E-state index contributed by atoms with van der Waals surface area (Å²) in [6.07, 6.45) is 1.52. The van der Waals surface area contributed by atoms with Crippen molar-refractivity contribution in [3.05, 3.63) is 59.0 Å². The van der Waals surface area contributed by atoms with E-state index in [1.807, 2.05) is 12.1 Å². The van der Waals surface area contributed by atoms with Crippen molar-refractivity contribution in [1.82, 2.24) is 0 Å². The summed E-state index contributed by atoms with van der Waals surface area (Å²) < 4.78 is 40.6. The smallest absolute Gasteiger partial charge is 0.176 e. The van der Waals surface area contributed by atoms with E-state index in [4.69, 9.17) is 14.2 Å². The van der Waals surface area contributed by atoms with Crippen LogP contribution in [0.3, 0.4) is 0 Å². The Kier molecular flexibility index (Phi) is 5.87. The van der Waals surface area contributed by atoms with E-state index in [9.17, 15) is 8.42 Å². The number of sulfone groups is 1. The summed E-state index contributed by atoms with van der Waals surface area (Å²) in [5.74, 6) is 1.34. The highest BCUT2D eigenvalue weighted by Crippen LogP contribution is 2.30. The molecule has 2 rings (SSSR count). The van der Waals surface area contributed by atoms with Crippen molar-refractivity contribution in [1.29, 1.82) is 0 Å². The maximum Gasteiger partial charge on any atom is 0.176 e. The first-order chi connectivity index (χ1) is 11.5. The molecule has 0 bridgehead atoms. The Morgan fingerprint density at radius 3 is 1.96 bits per heavy atom. The van der Waals surface area contributed by atoms with Crippen molar-refractivity contribution in [2.24, 2.45) is 0 Å². The van der Waals surface area contributed by atoms with Crippen LogP contribution in [-0.4, -0.2) is 29.7 Å². The summed E-state index contributed by atoms with van der Waals surface area (Å²) in [7, 11) is 1.01. The molecule has 2 aromatic carbocycles. The Labute approximate surface area is 142 Å². The summed E-state index contributed by atoms with van der Waals surface area (Å²) in [6, 6.07) is 12.4. The van der Waals surface area contributed by atoms with E-state index in [2.05, 4.69) is 0 Å². The second-order valence-corrected chi connectivity index (χ2v) is 6.88. The maximum absolute atomic E-state index is 12.5. The molecule has 0 aliphatic rings. The Hall–Kier alpha value is -2.47. The molecule has 0 N–H and O–H groups in total. The molecule has 2 aromatic rings. The second-order valence-electron chi connectivity index (χ2n) is 4.99. The van der Waals surface area contributed by atoms with Gasteiger partial charge in [0.2, 0.25) is 0 Å². The third-order valence-electron chi connectivity index (χ3n) is 3.47. The van der Waals surface area contributed by atoms with Crippen LogP contribution in [0.2, 0.25) is 0 Å². The molecule has 24 heavy (non-hydrogen) atoms. The van der Waals surface area contributed by atoms with E-state index >= 15 is 0 Å². The molecule has 0 aliphatic carbocycles. The SMILES string of the molecule is COc1ccccc1C=CS(=O)(=O)Cc1c(OC)cccc1OC. The molecule has 0 amide bonds. The molecule has 0 radical (unpaired) electrons. The van der Waals surface area contributed by atoms with Crippen molar-refractivity contribution in [2.75, 3.05) is 21.3 Å². The Morgan fingerprint density at radius 1 is 0.833 bits per heavy atom. The van der Waals surface area contributed by atoms with Crippen molar-refractivity contribution < 1.29 is 22.6 Å². The lowest BCUT2D eigenvalue weighted by molar-refractivity contribution is 0.387. The van der Waals surface area contributed by atoms with Crippen LogP contribution in [0.1, 0.15) is 11.1 Å². The monoisotopic (exact) mass is 348 g/mol. The zero-order valence-corrected chi connectivity index (χ0v) is 14.7. The minimum absolute atomic E-state index is 0.216. The first-order valence-electron chi connectivity index (χ1n) is 7.24. The predicted octanol–water partition coefficient (Wildman–Crippen LogP) is 3.30. The van der Waals surface area contributed by atoms with Gasteiger partial charge in [-0.3, -0.25) is 0 Å². The fourth-order valence-electron chi connectivity index (χ4n) is 2.30. The maximum atomic E-state index is 12.5. The van der Waals surface area contributed by atoms with Gasteiger partial charge in [0.05, 0.1) is 32.6 Å². The van der Waals surface area contributed by atoms with Crippen molar-refractivity contribution >= 4 is 15.9 Å². The number of rotatable bonds is 7. The molecule has 0 saturated heterocycles. The van der Waals surface area contributed by atoms with Crippen LogP contribution in [-0.2, 0) is 15.6 Å². The van der Waals surface area contributed by atoms with Crippen LogP contribution in [0.5, 0.6) is 17.2 Å². The van der Waals surface area contributed by atoms with Crippen molar-refractivity contribution in [3.63, 3.8) is 0 Å². The van der Waals surface area contributed by atoms with Crippen molar-refractivity contribution in [2.45, 2.75) is 5.75 Å². The Morgan fingerprint density at radius 2 is 1.38 bits per heavy atom. The summed E-state index contributed by atoms with van der Waals surface area (Å²) in [4.78, 5) is 0. The van der Waals surface area contributed by atoms with Gasteiger partial charge >= 0.3 is 0 Å². The average Bonchev–Trinajstić information content (AvgIpc) is 2.60. The zero-order chi connectivity index (χ0) is 17.6. The van der Waals surface area contributed by atoms with Crippen LogP contribution in [0.4, 0.5) is 0 Å². The molecule has 0 unspecified atom stereocenters. The van der Waals surface area contributed by atoms with Gasteiger partial charge in [0.15, 0.2) is 9.84 Å². The third-order valence-corrected chi connectivity index (χ3v) is 4.71. The summed E-state index contributed by atoms with van der Waals surface area (Å²) in [6.45, 7) is 0. The van der Waals surface area contributed by atoms with Gasteiger partial charge < -0.3 is 14.2 Å². The highest BCUT2D eigenvalue weighted by atomic mass is 32.2.